The van der Waals surface area contributed by atoms with Gasteiger partial charge in [0.2, 0.25) is 11.8 Å². The lowest BCUT2D eigenvalue weighted by molar-refractivity contribution is -0.140. The van der Waals surface area contributed by atoms with E-state index in [1.807, 2.05) is 73.8 Å². The highest BCUT2D eigenvalue weighted by Crippen LogP contribution is 2.33. The zero-order valence-corrected chi connectivity index (χ0v) is 29.1. The Kier molecular flexibility index (Phi) is 12.2. The first kappa shape index (κ1) is 35.0. The Balaban J connectivity index is 1.58. The van der Waals surface area contributed by atoms with Crippen molar-refractivity contribution in [1.82, 2.24) is 10.2 Å². The topological polar surface area (TPSA) is 96.0 Å². The first-order chi connectivity index (χ1) is 23.3. The van der Waals surface area contributed by atoms with Crippen LogP contribution in [0.1, 0.15) is 43.7 Å². The average molecular weight is 686 g/mol. The van der Waals surface area contributed by atoms with Crippen LogP contribution in [0.4, 0.5) is 5.69 Å². The summed E-state index contributed by atoms with van der Waals surface area (Å²) in [5.41, 5.74) is 1.97. The van der Waals surface area contributed by atoms with Crippen molar-refractivity contribution in [2.75, 3.05) is 23.7 Å². The molecule has 0 heterocycles. The van der Waals surface area contributed by atoms with Crippen LogP contribution < -0.4 is 14.4 Å². The molecule has 1 aliphatic rings. The molecule has 48 heavy (non-hydrogen) atoms. The molecule has 252 valence electrons. The Morgan fingerprint density at radius 1 is 0.854 bits per heavy atom. The smallest absolute Gasteiger partial charge is 0.264 e. The summed E-state index contributed by atoms with van der Waals surface area (Å²) >= 11 is 1.51. The van der Waals surface area contributed by atoms with E-state index in [4.69, 9.17) is 4.74 Å². The van der Waals surface area contributed by atoms with Gasteiger partial charge >= 0.3 is 0 Å². The van der Waals surface area contributed by atoms with E-state index in [2.05, 4.69) is 5.32 Å². The SMILES string of the molecule is CCOc1ccccc1N(CC(=O)N(Cc1ccccc1)[C@@H](Cc1ccccc1)C(=O)NC1CCCC1)S(=O)(=O)c1ccc(SC)cc1. The van der Waals surface area contributed by atoms with Crippen molar-refractivity contribution in [3.63, 3.8) is 0 Å². The second-order valence-corrected chi connectivity index (χ2v) is 14.5. The number of nitrogens with one attached hydrogen (secondary N) is 1. The molecule has 4 aromatic carbocycles. The number of anilines is 1. The molecule has 4 aromatic rings. The lowest BCUT2D eigenvalue weighted by Gasteiger charge is -2.34. The van der Waals surface area contributed by atoms with Crippen LogP contribution in [0.25, 0.3) is 0 Å². The van der Waals surface area contributed by atoms with Gasteiger partial charge in [0, 0.05) is 23.9 Å². The highest BCUT2D eigenvalue weighted by molar-refractivity contribution is 7.98. The molecule has 5 rings (SSSR count). The second kappa shape index (κ2) is 16.7. The number of nitrogens with zero attached hydrogens (tertiary/aromatic N) is 2. The van der Waals surface area contributed by atoms with Crippen molar-refractivity contribution in [2.24, 2.45) is 0 Å². The van der Waals surface area contributed by atoms with Gasteiger partial charge in [-0.05, 0) is 73.5 Å². The number of sulfonamides is 1. The molecule has 2 amide bonds. The maximum atomic E-state index is 14.7. The maximum absolute atomic E-state index is 14.7. The average Bonchev–Trinajstić information content (AvgIpc) is 3.63. The van der Waals surface area contributed by atoms with E-state index < -0.39 is 28.5 Å². The number of thioether (sulfide) groups is 1. The first-order valence-corrected chi connectivity index (χ1v) is 19.0. The minimum absolute atomic E-state index is 0.0450. The number of amides is 2. The molecule has 1 aliphatic carbocycles. The molecular formula is C38H43N3O5S2. The van der Waals surface area contributed by atoms with Crippen molar-refractivity contribution < 1.29 is 22.7 Å². The van der Waals surface area contributed by atoms with Gasteiger partial charge in [-0.3, -0.25) is 13.9 Å². The van der Waals surface area contributed by atoms with E-state index in [1.165, 1.54) is 16.7 Å². The van der Waals surface area contributed by atoms with E-state index in [-0.39, 0.29) is 35.5 Å². The summed E-state index contributed by atoms with van der Waals surface area (Å²) in [6.45, 7) is 1.72. The van der Waals surface area contributed by atoms with Gasteiger partial charge in [-0.2, -0.15) is 0 Å². The van der Waals surface area contributed by atoms with E-state index in [0.717, 1.165) is 46.0 Å². The van der Waals surface area contributed by atoms with E-state index in [9.17, 15) is 18.0 Å². The van der Waals surface area contributed by atoms with Crippen LogP contribution in [0, 0.1) is 0 Å². The Labute approximate surface area is 288 Å². The van der Waals surface area contributed by atoms with Crippen LogP contribution in [0.2, 0.25) is 0 Å². The molecule has 0 radical (unpaired) electrons. The van der Waals surface area contributed by atoms with E-state index >= 15 is 0 Å². The monoisotopic (exact) mass is 685 g/mol. The van der Waals surface area contributed by atoms with Crippen molar-refractivity contribution >= 4 is 39.3 Å². The third-order valence-corrected chi connectivity index (χ3v) is 11.0. The summed E-state index contributed by atoms with van der Waals surface area (Å²) in [5, 5.41) is 3.21. The fraction of sp³-hybridized carbons (Fsp3) is 0.316. The largest absolute Gasteiger partial charge is 0.492 e. The highest BCUT2D eigenvalue weighted by atomic mass is 32.2. The predicted octanol–water partition coefficient (Wildman–Crippen LogP) is 6.70. The molecule has 1 saturated carbocycles. The van der Waals surface area contributed by atoms with Crippen molar-refractivity contribution in [1.29, 1.82) is 0 Å². The molecule has 0 spiro atoms. The number of hydrogen-bond donors (Lipinski definition) is 1. The normalized spacial score (nSPS) is 13.9. The molecular weight excluding hydrogens is 643 g/mol. The Hall–Kier alpha value is -4.28. The van der Waals surface area contributed by atoms with E-state index in [1.54, 1.807) is 48.5 Å². The second-order valence-electron chi connectivity index (χ2n) is 11.8. The number of carbonyl (C=O) groups is 2. The lowest BCUT2D eigenvalue weighted by Crippen LogP contribution is -2.54. The summed E-state index contributed by atoms with van der Waals surface area (Å²) in [4.78, 5) is 31.4. The summed E-state index contributed by atoms with van der Waals surface area (Å²) in [6, 6.07) is 31.7. The van der Waals surface area contributed by atoms with Crippen LogP contribution in [0.3, 0.4) is 0 Å². The molecule has 0 aliphatic heterocycles. The molecule has 0 aromatic heterocycles. The minimum Gasteiger partial charge on any atom is -0.492 e. The van der Waals surface area contributed by atoms with Gasteiger partial charge in [0.15, 0.2) is 0 Å². The fourth-order valence-corrected chi connectivity index (χ4v) is 7.86. The van der Waals surface area contributed by atoms with Crippen molar-refractivity contribution in [3.8, 4) is 5.75 Å². The number of rotatable bonds is 15. The molecule has 1 fully saturated rings. The van der Waals surface area contributed by atoms with Crippen LogP contribution in [-0.4, -0.2) is 56.6 Å². The lowest BCUT2D eigenvalue weighted by atomic mass is 10.0. The number of hydrogen-bond acceptors (Lipinski definition) is 6. The van der Waals surface area contributed by atoms with Gasteiger partial charge in [-0.25, -0.2) is 8.42 Å². The summed E-state index contributed by atoms with van der Waals surface area (Å²) in [6.07, 6.45) is 6.08. The standard InChI is InChI=1S/C38H43N3O5S2/c1-3-46-36-21-13-12-20-34(36)41(48(44,45)33-24-22-32(47-2)23-25-33)28-37(42)40(27-30-16-8-5-9-17-30)35(26-29-14-6-4-7-15-29)38(43)39-31-18-10-11-19-31/h4-9,12-17,20-25,31,35H,3,10-11,18-19,26-28H2,1-2H3,(H,39,43)/t35-/m0/s1. The van der Waals surface area contributed by atoms with Gasteiger partial charge in [0.1, 0.15) is 18.3 Å². The van der Waals surface area contributed by atoms with Gasteiger partial charge in [0.05, 0.1) is 17.2 Å². The molecule has 8 nitrogen and oxygen atoms in total. The zero-order valence-electron chi connectivity index (χ0n) is 27.5. The van der Waals surface area contributed by atoms with Gasteiger partial charge in [-0.15, -0.1) is 11.8 Å². The minimum atomic E-state index is -4.25. The Morgan fingerprint density at radius 2 is 1.46 bits per heavy atom. The van der Waals surface area contributed by atoms with Crippen LogP contribution in [-0.2, 0) is 32.6 Å². The third-order valence-electron chi connectivity index (χ3n) is 8.53. The summed E-state index contributed by atoms with van der Waals surface area (Å²) < 4.78 is 35.9. The van der Waals surface area contributed by atoms with Gasteiger partial charge in [-0.1, -0.05) is 85.6 Å². The van der Waals surface area contributed by atoms with Gasteiger partial charge < -0.3 is 15.0 Å². The summed E-state index contributed by atoms with van der Waals surface area (Å²) in [5.74, 6) is -0.407. The molecule has 0 bridgehead atoms. The Bertz CT molecular complexity index is 1750. The predicted molar refractivity (Wildman–Crippen MR) is 192 cm³/mol. The van der Waals surface area contributed by atoms with Crippen molar-refractivity contribution in [3.05, 3.63) is 120 Å². The summed E-state index contributed by atoms with van der Waals surface area (Å²) in [7, 11) is -4.25. The first-order valence-electron chi connectivity index (χ1n) is 16.4. The van der Waals surface area contributed by atoms with Crippen LogP contribution >= 0.6 is 11.8 Å². The fourth-order valence-electron chi connectivity index (χ4n) is 6.03. The molecule has 10 heteroatoms. The quantitative estimate of drug-likeness (QED) is 0.140. The van der Waals surface area contributed by atoms with E-state index in [0.29, 0.717) is 12.4 Å². The molecule has 1 N–H and O–H groups in total. The number of para-hydroxylation sites is 2. The number of ether oxygens (including phenoxy) is 1. The van der Waals surface area contributed by atoms with Crippen LogP contribution in [0.15, 0.2) is 119 Å². The van der Waals surface area contributed by atoms with Crippen LogP contribution in [0.5, 0.6) is 5.75 Å². The number of carbonyl (C=O) groups excluding carboxylic acids is 2. The Morgan fingerprint density at radius 3 is 2.08 bits per heavy atom. The molecule has 0 saturated heterocycles. The maximum Gasteiger partial charge on any atom is 0.264 e. The third kappa shape index (κ3) is 8.79. The van der Waals surface area contributed by atoms with Gasteiger partial charge in [0.25, 0.3) is 10.0 Å². The molecule has 1 atom stereocenters. The number of benzene rings is 4. The molecule has 0 unspecified atom stereocenters. The highest BCUT2D eigenvalue weighted by Gasteiger charge is 2.36. The zero-order chi connectivity index (χ0) is 33.9. The van der Waals surface area contributed by atoms with Crippen molar-refractivity contribution in [2.45, 2.75) is 67.4 Å².